The molecule has 0 aliphatic rings. The monoisotopic (exact) mass is 402 g/mol. The van der Waals surface area contributed by atoms with Crippen LogP contribution in [0.5, 0.6) is 0 Å². The number of halogens is 1. The maximum atomic E-state index is 14.4. The molecule has 0 aliphatic heterocycles. The van der Waals surface area contributed by atoms with E-state index in [1.54, 1.807) is 37.4 Å². The second-order valence-electron chi connectivity index (χ2n) is 7.17. The Labute approximate surface area is 172 Å². The molecule has 7 heteroatoms. The van der Waals surface area contributed by atoms with Crippen LogP contribution in [0.25, 0.3) is 16.7 Å². The Morgan fingerprint density at radius 1 is 1.03 bits per heavy atom. The maximum Gasteiger partial charge on any atom is 0.267 e. The molecule has 150 valence electrons. The van der Waals surface area contributed by atoms with Gasteiger partial charge in [0.05, 0.1) is 16.8 Å². The Balaban J connectivity index is 1.77. The zero-order valence-corrected chi connectivity index (χ0v) is 16.7. The van der Waals surface area contributed by atoms with Crippen LogP contribution in [0.4, 0.5) is 10.1 Å². The Morgan fingerprint density at radius 3 is 2.50 bits per heavy atom. The standard InChI is InChI=1S/C23H19FN4O2/c1-13-9-14(2)11-16(10-13)22(29)27-20-12-17(6-7-19(20)24)28-15(3)26-21-18(23(28)30)5-4-8-25-21/h4-12H,1-3H3,(H,27,29). The maximum absolute atomic E-state index is 14.4. The highest BCUT2D eigenvalue weighted by molar-refractivity contribution is 6.04. The Morgan fingerprint density at radius 2 is 1.77 bits per heavy atom. The predicted octanol–water partition coefficient (Wildman–Crippen LogP) is 4.10. The minimum Gasteiger partial charge on any atom is -0.319 e. The van der Waals surface area contributed by atoms with Crippen molar-refractivity contribution in [3.63, 3.8) is 0 Å². The van der Waals surface area contributed by atoms with E-state index in [9.17, 15) is 14.0 Å². The molecule has 1 N–H and O–H groups in total. The van der Waals surface area contributed by atoms with Gasteiger partial charge in [-0.1, -0.05) is 17.2 Å². The lowest BCUT2D eigenvalue weighted by molar-refractivity contribution is 0.102. The summed E-state index contributed by atoms with van der Waals surface area (Å²) < 4.78 is 15.8. The van der Waals surface area contributed by atoms with Crippen molar-refractivity contribution in [3.05, 3.63) is 93.4 Å². The van der Waals surface area contributed by atoms with E-state index in [1.807, 2.05) is 19.9 Å². The van der Waals surface area contributed by atoms with Gasteiger partial charge in [-0.05, 0) is 63.2 Å². The number of carbonyl (C=O) groups excluding carboxylic acids is 1. The summed E-state index contributed by atoms with van der Waals surface area (Å²) in [6.07, 6.45) is 1.57. The van der Waals surface area contributed by atoms with Gasteiger partial charge < -0.3 is 5.32 Å². The number of benzene rings is 2. The lowest BCUT2D eigenvalue weighted by Crippen LogP contribution is -2.23. The van der Waals surface area contributed by atoms with Crippen LogP contribution in [0.1, 0.15) is 27.3 Å². The number of nitrogens with zero attached hydrogens (tertiary/aromatic N) is 3. The predicted molar refractivity (Wildman–Crippen MR) is 114 cm³/mol. The largest absolute Gasteiger partial charge is 0.319 e. The number of anilines is 1. The first-order valence-electron chi connectivity index (χ1n) is 9.37. The average molecular weight is 402 g/mol. The molecule has 1 amide bonds. The normalized spacial score (nSPS) is 10.9. The SMILES string of the molecule is Cc1cc(C)cc(C(=O)Nc2cc(-n3c(C)nc4ncccc4c3=O)ccc2F)c1. The van der Waals surface area contributed by atoms with Crippen LogP contribution < -0.4 is 10.9 Å². The summed E-state index contributed by atoms with van der Waals surface area (Å²) in [5, 5.41) is 2.96. The number of fused-ring (bicyclic) bond motifs is 1. The van der Waals surface area contributed by atoms with Crippen molar-refractivity contribution >= 4 is 22.6 Å². The second-order valence-corrected chi connectivity index (χ2v) is 7.17. The Kier molecular flexibility index (Phi) is 4.87. The number of carbonyl (C=O) groups is 1. The van der Waals surface area contributed by atoms with Crippen molar-refractivity contribution in [1.82, 2.24) is 14.5 Å². The highest BCUT2D eigenvalue weighted by atomic mass is 19.1. The molecule has 0 unspecified atom stereocenters. The van der Waals surface area contributed by atoms with Crippen LogP contribution in [0.15, 0.2) is 59.5 Å². The van der Waals surface area contributed by atoms with Crippen LogP contribution in [0.3, 0.4) is 0 Å². The molecule has 0 atom stereocenters. The Hall–Kier alpha value is -3.87. The summed E-state index contributed by atoms with van der Waals surface area (Å²) in [5.41, 5.74) is 2.72. The summed E-state index contributed by atoms with van der Waals surface area (Å²) in [4.78, 5) is 34.1. The van der Waals surface area contributed by atoms with Crippen LogP contribution >= 0.6 is 0 Å². The lowest BCUT2D eigenvalue weighted by atomic mass is 10.1. The number of aryl methyl sites for hydroxylation is 3. The Bertz CT molecular complexity index is 1340. The van der Waals surface area contributed by atoms with E-state index >= 15 is 0 Å². The molecule has 0 spiro atoms. The summed E-state index contributed by atoms with van der Waals surface area (Å²) in [7, 11) is 0. The second kappa shape index (κ2) is 7.51. The minimum atomic E-state index is -0.599. The first-order valence-corrected chi connectivity index (χ1v) is 9.37. The number of hydrogen-bond donors (Lipinski definition) is 1. The fourth-order valence-electron chi connectivity index (χ4n) is 3.48. The van der Waals surface area contributed by atoms with Gasteiger partial charge in [-0.2, -0.15) is 0 Å². The molecule has 0 radical (unpaired) electrons. The quantitative estimate of drug-likeness (QED) is 0.560. The van der Waals surface area contributed by atoms with Crippen molar-refractivity contribution < 1.29 is 9.18 Å². The molecule has 4 rings (SSSR count). The molecule has 6 nitrogen and oxygen atoms in total. The fraction of sp³-hybridized carbons (Fsp3) is 0.130. The first kappa shape index (κ1) is 19.4. The van der Waals surface area contributed by atoms with Gasteiger partial charge in [-0.3, -0.25) is 14.2 Å². The van der Waals surface area contributed by atoms with E-state index in [2.05, 4.69) is 15.3 Å². The number of nitrogens with one attached hydrogen (secondary N) is 1. The first-order chi connectivity index (χ1) is 14.3. The van der Waals surface area contributed by atoms with Gasteiger partial charge >= 0.3 is 0 Å². The number of pyridine rings is 1. The van der Waals surface area contributed by atoms with Crippen LogP contribution in [0.2, 0.25) is 0 Å². The third kappa shape index (κ3) is 3.57. The summed E-state index contributed by atoms with van der Waals surface area (Å²) in [6.45, 7) is 5.45. The number of hydrogen-bond acceptors (Lipinski definition) is 4. The fourth-order valence-corrected chi connectivity index (χ4v) is 3.48. The van der Waals surface area contributed by atoms with E-state index in [4.69, 9.17) is 0 Å². The van der Waals surface area contributed by atoms with Crippen molar-refractivity contribution in [3.8, 4) is 5.69 Å². The average Bonchev–Trinajstić information content (AvgIpc) is 2.69. The summed E-state index contributed by atoms with van der Waals surface area (Å²) >= 11 is 0. The summed E-state index contributed by atoms with van der Waals surface area (Å²) in [5.74, 6) is -0.621. The van der Waals surface area contributed by atoms with E-state index < -0.39 is 11.7 Å². The van der Waals surface area contributed by atoms with Crippen molar-refractivity contribution in [2.24, 2.45) is 0 Å². The van der Waals surface area contributed by atoms with Crippen LogP contribution in [-0.2, 0) is 0 Å². The minimum absolute atomic E-state index is 0.0192. The highest BCUT2D eigenvalue weighted by Gasteiger charge is 2.15. The van der Waals surface area contributed by atoms with Crippen LogP contribution in [-0.4, -0.2) is 20.4 Å². The van der Waals surface area contributed by atoms with Crippen molar-refractivity contribution in [2.45, 2.75) is 20.8 Å². The molecule has 0 saturated carbocycles. The topological polar surface area (TPSA) is 76.9 Å². The van der Waals surface area contributed by atoms with Crippen molar-refractivity contribution in [1.29, 1.82) is 0 Å². The number of amides is 1. The molecule has 0 aliphatic carbocycles. The molecule has 4 aromatic rings. The van der Waals surface area contributed by atoms with E-state index in [1.165, 1.54) is 22.8 Å². The van der Waals surface area contributed by atoms with Crippen molar-refractivity contribution in [2.75, 3.05) is 5.32 Å². The lowest BCUT2D eigenvalue weighted by Gasteiger charge is -2.13. The molecule has 0 saturated heterocycles. The van der Waals surface area contributed by atoms with Gasteiger partial charge in [0.15, 0.2) is 5.65 Å². The zero-order valence-electron chi connectivity index (χ0n) is 16.7. The van der Waals surface area contributed by atoms with Gasteiger partial charge in [0.1, 0.15) is 11.6 Å². The molecule has 30 heavy (non-hydrogen) atoms. The van der Waals surface area contributed by atoms with Gasteiger partial charge in [0.2, 0.25) is 0 Å². The van der Waals surface area contributed by atoms with Gasteiger partial charge in [0, 0.05) is 11.8 Å². The molecule has 2 aromatic heterocycles. The number of aromatic nitrogens is 3. The third-order valence-electron chi connectivity index (χ3n) is 4.75. The molecule has 0 bridgehead atoms. The van der Waals surface area contributed by atoms with Gasteiger partial charge in [0.25, 0.3) is 11.5 Å². The molecule has 0 fully saturated rings. The van der Waals surface area contributed by atoms with E-state index in [-0.39, 0.29) is 11.2 Å². The molecule has 2 aromatic carbocycles. The molecular formula is C23H19FN4O2. The highest BCUT2D eigenvalue weighted by Crippen LogP contribution is 2.21. The zero-order chi connectivity index (χ0) is 21.4. The van der Waals surface area contributed by atoms with Gasteiger partial charge in [-0.15, -0.1) is 0 Å². The molecular weight excluding hydrogens is 383 g/mol. The smallest absolute Gasteiger partial charge is 0.267 e. The summed E-state index contributed by atoms with van der Waals surface area (Å²) in [6, 6.07) is 12.8. The van der Waals surface area contributed by atoms with Crippen LogP contribution in [0, 0.1) is 26.6 Å². The molecule has 2 heterocycles. The number of rotatable bonds is 3. The van der Waals surface area contributed by atoms with E-state index in [0.717, 1.165) is 11.1 Å². The third-order valence-corrected chi connectivity index (χ3v) is 4.75. The van der Waals surface area contributed by atoms with Gasteiger partial charge in [-0.25, -0.2) is 14.4 Å². The van der Waals surface area contributed by atoms with E-state index in [0.29, 0.717) is 28.1 Å².